The Morgan fingerprint density at radius 2 is 2.27 bits per heavy atom. The maximum atomic E-state index is 12.4. The molecule has 0 unspecified atom stereocenters. The van der Waals surface area contributed by atoms with Crippen LogP contribution in [0.15, 0.2) is 36.9 Å². The molecular weight excluding hydrogens is 278 g/mol. The van der Waals surface area contributed by atoms with Gasteiger partial charge in [0.2, 0.25) is 0 Å². The number of aliphatic hydroxyl groups is 1. The van der Waals surface area contributed by atoms with E-state index < -0.39 is 0 Å². The van der Waals surface area contributed by atoms with Crippen molar-refractivity contribution in [1.82, 2.24) is 4.90 Å². The Morgan fingerprint density at radius 1 is 1.50 bits per heavy atom. The summed E-state index contributed by atoms with van der Waals surface area (Å²) in [5, 5.41) is 9.70. The summed E-state index contributed by atoms with van der Waals surface area (Å²) in [5.41, 5.74) is 0.781. The molecule has 0 bridgehead atoms. The molecule has 2 rings (SSSR count). The summed E-state index contributed by atoms with van der Waals surface area (Å²) in [6.45, 7) is 7.16. The Morgan fingerprint density at radius 3 is 2.95 bits per heavy atom. The van der Waals surface area contributed by atoms with Gasteiger partial charge in [-0.15, -0.1) is 6.58 Å². The van der Waals surface area contributed by atoms with Gasteiger partial charge in [-0.2, -0.15) is 0 Å². The minimum Gasteiger partial charge on any atom is -0.484 e. The predicted molar refractivity (Wildman–Crippen MR) is 86.8 cm³/mol. The van der Waals surface area contributed by atoms with Crippen LogP contribution in [-0.4, -0.2) is 42.2 Å². The number of piperidine rings is 1. The molecule has 0 aliphatic carbocycles. The highest BCUT2D eigenvalue weighted by molar-refractivity contribution is 5.78. The van der Waals surface area contributed by atoms with E-state index in [9.17, 15) is 9.90 Å². The monoisotopic (exact) mass is 303 g/mol. The van der Waals surface area contributed by atoms with Crippen LogP contribution < -0.4 is 4.74 Å². The molecule has 1 heterocycles. The molecule has 1 amide bonds. The van der Waals surface area contributed by atoms with Gasteiger partial charge in [0.25, 0.3) is 5.91 Å². The molecular formula is C18H25NO3. The average molecular weight is 303 g/mol. The molecule has 22 heavy (non-hydrogen) atoms. The fourth-order valence-electron chi connectivity index (χ4n) is 3.04. The summed E-state index contributed by atoms with van der Waals surface area (Å²) < 4.78 is 5.64. The number of hydrogen-bond donors (Lipinski definition) is 1. The fourth-order valence-corrected chi connectivity index (χ4v) is 3.04. The van der Waals surface area contributed by atoms with Crippen LogP contribution in [0.4, 0.5) is 0 Å². The van der Waals surface area contributed by atoms with Crippen LogP contribution in [0.1, 0.15) is 24.8 Å². The Hall–Kier alpha value is -1.81. The number of amides is 1. The molecule has 0 spiro atoms. The van der Waals surface area contributed by atoms with Gasteiger partial charge in [-0.25, -0.2) is 0 Å². The van der Waals surface area contributed by atoms with Gasteiger partial charge >= 0.3 is 0 Å². The summed E-state index contributed by atoms with van der Waals surface area (Å²) in [6, 6.07) is 7.67. The van der Waals surface area contributed by atoms with Crippen molar-refractivity contribution < 1.29 is 14.6 Å². The third-order valence-electron chi connectivity index (χ3n) is 4.37. The molecule has 1 aliphatic rings. The minimum atomic E-state index is -0.238. The van der Waals surface area contributed by atoms with Gasteiger partial charge < -0.3 is 14.7 Å². The van der Waals surface area contributed by atoms with Crippen molar-refractivity contribution in [2.75, 3.05) is 26.3 Å². The van der Waals surface area contributed by atoms with Gasteiger partial charge in [-0.3, -0.25) is 4.79 Å². The lowest BCUT2D eigenvalue weighted by Crippen LogP contribution is -2.49. The van der Waals surface area contributed by atoms with Crippen LogP contribution in [0, 0.1) is 12.3 Å². The zero-order valence-electron chi connectivity index (χ0n) is 13.3. The van der Waals surface area contributed by atoms with E-state index in [1.807, 2.05) is 42.2 Å². The molecule has 0 radical (unpaired) electrons. The first-order chi connectivity index (χ1) is 10.6. The summed E-state index contributed by atoms with van der Waals surface area (Å²) in [7, 11) is 0. The van der Waals surface area contributed by atoms with Crippen molar-refractivity contribution in [3.8, 4) is 5.75 Å². The Balaban J connectivity index is 1.94. The lowest BCUT2D eigenvalue weighted by molar-refractivity contribution is -0.137. The molecule has 1 N–H and O–H groups in total. The van der Waals surface area contributed by atoms with E-state index in [4.69, 9.17) is 4.74 Å². The van der Waals surface area contributed by atoms with Gasteiger partial charge in [-0.05, 0) is 37.8 Å². The Kier molecular flexibility index (Phi) is 5.61. The predicted octanol–water partition coefficient (Wildman–Crippen LogP) is 2.55. The van der Waals surface area contributed by atoms with Crippen LogP contribution in [0.2, 0.25) is 0 Å². The highest BCUT2D eigenvalue weighted by Gasteiger charge is 2.35. The smallest absolute Gasteiger partial charge is 0.260 e. The van der Waals surface area contributed by atoms with Gasteiger partial charge in [0.1, 0.15) is 5.75 Å². The number of carbonyl (C=O) groups excluding carboxylic acids is 1. The maximum Gasteiger partial charge on any atom is 0.260 e. The lowest BCUT2D eigenvalue weighted by Gasteiger charge is -2.41. The second kappa shape index (κ2) is 7.45. The maximum absolute atomic E-state index is 12.4. The second-order valence-electron chi connectivity index (χ2n) is 6.12. The van der Waals surface area contributed by atoms with Crippen molar-refractivity contribution in [2.24, 2.45) is 5.41 Å². The number of likely N-dealkylation sites (tertiary alicyclic amines) is 1. The molecule has 0 aromatic heterocycles. The fraction of sp³-hybridized carbons (Fsp3) is 0.500. The normalized spacial score (nSPS) is 21.5. The number of rotatable bonds is 6. The Bertz CT molecular complexity index is 529. The number of hydrogen-bond acceptors (Lipinski definition) is 3. The standard InChI is InChI=1S/C18H25NO3/c1-3-9-18(14-20)10-6-11-19(13-18)17(21)12-22-16-8-5-4-7-15(16)2/h3-5,7-8,20H,1,6,9-14H2,2H3/t18-/m0/s1. The quantitative estimate of drug-likeness (QED) is 0.822. The van der Waals surface area contributed by atoms with Gasteiger partial charge in [-0.1, -0.05) is 24.3 Å². The van der Waals surface area contributed by atoms with E-state index in [0.29, 0.717) is 6.54 Å². The van der Waals surface area contributed by atoms with Crippen LogP contribution in [0.25, 0.3) is 0 Å². The molecule has 1 aliphatic heterocycles. The first kappa shape index (κ1) is 16.6. The molecule has 1 fully saturated rings. The van der Waals surface area contributed by atoms with Crippen molar-refractivity contribution in [2.45, 2.75) is 26.2 Å². The largest absolute Gasteiger partial charge is 0.484 e. The SMILES string of the molecule is C=CC[C@]1(CO)CCCN(C(=O)COc2ccccc2C)C1. The van der Waals surface area contributed by atoms with Crippen molar-refractivity contribution in [3.05, 3.63) is 42.5 Å². The third-order valence-corrected chi connectivity index (χ3v) is 4.37. The summed E-state index contributed by atoms with van der Waals surface area (Å²) in [4.78, 5) is 14.2. The number of ether oxygens (including phenoxy) is 1. The molecule has 120 valence electrons. The van der Waals surface area contributed by atoms with Gasteiger partial charge in [0.05, 0.1) is 6.61 Å². The highest BCUT2D eigenvalue weighted by Crippen LogP contribution is 2.33. The number of aliphatic hydroxyl groups excluding tert-OH is 1. The molecule has 4 nitrogen and oxygen atoms in total. The molecule has 4 heteroatoms. The molecule has 1 aromatic carbocycles. The first-order valence-electron chi connectivity index (χ1n) is 7.78. The first-order valence-corrected chi connectivity index (χ1v) is 7.78. The van der Waals surface area contributed by atoms with E-state index >= 15 is 0 Å². The zero-order valence-corrected chi connectivity index (χ0v) is 13.3. The van der Waals surface area contributed by atoms with E-state index in [0.717, 1.165) is 37.1 Å². The summed E-state index contributed by atoms with van der Waals surface area (Å²) in [5.74, 6) is 0.720. The third kappa shape index (κ3) is 3.89. The van der Waals surface area contributed by atoms with E-state index in [2.05, 4.69) is 6.58 Å². The molecule has 1 aromatic rings. The summed E-state index contributed by atoms with van der Waals surface area (Å²) >= 11 is 0. The lowest BCUT2D eigenvalue weighted by atomic mass is 9.78. The van der Waals surface area contributed by atoms with E-state index in [1.54, 1.807) is 0 Å². The molecule has 1 saturated heterocycles. The van der Waals surface area contributed by atoms with Crippen LogP contribution in [0.3, 0.4) is 0 Å². The van der Waals surface area contributed by atoms with E-state index in [-0.39, 0.29) is 24.5 Å². The number of nitrogens with zero attached hydrogens (tertiary/aromatic N) is 1. The van der Waals surface area contributed by atoms with Gasteiger partial charge in [0, 0.05) is 18.5 Å². The number of allylic oxidation sites excluding steroid dienone is 1. The average Bonchev–Trinajstić information content (AvgIpc) is 2.54. The molecule has 1 atom stereocenters. The topological polar surface area (TPSA) is 49.8 Å². The van der Waals surface area contributed by atoms with Crippen molar-refractivity contribution in [1.29, 1.82) is 0 Å². The Labute approximate surface area is 132 Å². The number of benzene rings is 1. The van der Waals surface area contributed by atoms with Crippen LogP contribution >= 0.6 is 0 Å². The molecule has 0 saturated carbocycles. The summed E-state index contributed by atoms with van der Waals surface area (Å²) in [6.07, 6.45) is 4.39. The number of aryl methyl sites for hydroxylation is 1. The van der Waals surface area contributed by atoms with Crippen LogP contribution in [-0.2, 0) is 4.79 Å². The van der Waals surface area contributed by atoms with Crippen molar-refractivity contribution >= 4 is 5.91 Å². The van der Waals surface area contributed by atoms with Crippen LogP contribution in [0.5, 0.6) is 5.75 Å². The minimum absolute atomic E-state index is 0.0233. The van der Waals surface area contributed by atoms with Crippen molar-refractivity contribution in [3.63, 3.8) is 0 Å². The zero-order chi connectivity index (χ0) is 16.0. The number of para-hydroxylation sites is 1. The highest BCUT2D eigenvalue weighted by atomic mass is 16.5. The van der Waals surface area contributed by atoms with E-state index in [1.165, 1.54) is 0 Å². The second-order valence-corrected chi connectivity index (χ2v) is 6.12. The van der Waals surface area contributed by atoms with Gasteiger partial charge in [0.15, 0.2) is 6.61 Å². The number of carbonyl (C=O) groups is 1.